The topological polar surface area (TPSA) is 125 Å². The number of carbonyl (C=O) groups excluding carboxylic acids is 1. The molecule has 7 nitrogen and oxygen atoms in total. The fourth-order valence-electron chi connectivity index (χ4n) is 1.69. The Bertz CT molecular complexity index is 599. The molecule has 0 aliphatic rings. The number of primary sulfonamides is 1. The van der Waals surface area contributed by atoms with E-state index in [1.165, 1.54) is 25.3 Å². The Kier molecular flexibility index (Phi) is 4.96. The predicted molar refractivity (Wildman–Crippen MR) is 76.5 cm³/mol. The molecule has 0 amide bonds. The summed E-state index contributed by atoms with van der Waals surface area (Å²) in [5.41, 5.74) is 6.04. The van der Waals surface area contributed by atoms with Crippen LogP contribution in [-0.4, -0.2) is 27.5 Å². The highest BCUT2D eigenvalue weighted by Gasteiger charge is 2.25. The Balaban J connectivity index is 3.23. The van der Waals surface area contributed by atoms with Crippen LogP contribution in [0.4, 0.5) is 11.4 Å². The van der Waals surface area contributed by atoms with E-state index in [0.29, 0.717) is 0 Å². The van der Waals surface area contributed by atoms with E-state index in [1.807, 2.05) is 13.8 Å². The van der Waals surface area contributed by atoms with Crippen molar-refractivity contribution in [2.45, 2.75) is 24.8 Å². The average molecular weight is 301 g/mol. The number of benzene rings is 1. The van der Waals surface area contributed by atoms with Gasteiger partial charge in [0.15, 0.2) is 0 Å². The Hall–Kier alpha value is -1.80. The van der Waals surface area contributed by atoms with E-state index in [-0.39, 0.29) is 22.2 Å². The lowest BCUT2D eigenvalue weighted by atomic mass is 10.0. The van der Waals surface area contributed by atoms with Crippen molar-refractivity contribution in [3.8, 4) is 0 Å². The van der Waals surface area contributed by atoms with Gasteiger partial charge in [0.25, 0.3) is 0 Å². The maximum absolute atomic E-state index is 11.7. The number of ether oxygens (including phenoxy) is 1. The standard InChI is InChI=1S/C12H19N3O4S/c1-7(2)11(12(16)19-3)15-9-5-4-8(13)6-10(9)20(14,17)18/h4-7,11,15H,13H2,1-3H3,(H2,14,17,18). The zero-order chi connectivity index (χ0) is 15.5. The first-order valence-corrected chi connectivity index (χ1v) is 7.48. The second kappa shape index (κ2) is 6.10. The molecule has 0 radical (unpaired) electrons. The number of esters is 1. The van der Waals surface area contributed by atoms with Crippen LogP contribution < -0.4 is 16.2 Å². The first-order chi connectivity index (χ1) is 9.16. The van der Waals surface area contributed by atoms with Gasteiger partial charge in [-0.15, -0.1) is 0 Å². The maximum atomic E-state index is 11.7. The molecule has 0 aliphatic heterocycles. The molecule has 1 atom stereocenters. The molecule has 0 saturated carbocycles. The number of hydrogen-bond donors (Lipinski definition) is 3. The molecule has 1 aromatic carbocycles. The number of anilines is 2. The molecule has 20 heavy (non-hydrogen) atoms. The van der Waals surface area contributed by atoms with Crippen LogP contribution in [0.25, 0.3) is 0 Å². The molecular weight excluding hydrogens is 282 g/mol. The smallest absolute Gasteiger partial charge is 0.328 e. The van der Waals surface area contributed by atoms with Crippen molar-refractivity contribution in [2.75, 3.05) is 18.2 Å². The molecule has 112 valence electrons. The molecule has 0 aliphatic carbocycles. The summed E-state index contributed by atoms with van der Waals surface area (Å²) in [5, 5.41) is 7.99. The zero-order valence-corrected chi connectivity index (χ0v) is 12.4. The summed E-state index contributed by atoms with van der Waals surface area (Å²) in [4.78, 5) is 11.5. The van der Waals surface area contributed by atoms with Gasteiger partial charge in [-0.25, -0.2) is 18.4 Å². The van der Waals surface area contributed by atoms with Crippen LogP contribution in [0.1, 0.15) is 13.8 Å². The number of methoxy groups -OCH3 is 1. The third kappa shape index (κ3) is 3.84. The van der Waals surface area contributed by atoms with Gasteiger partial charge in [-0.1, -0.05) is 13.8 Å². The second-order valence-electron chi connectivity index (χ2n) is 4.69. The van der Waals surface area contributed by atoms with Gasteiger partial charge in [-0.2, -0.15) is 0 Å². The molecule has 1 unspecified atom stereocenters. The lowest BCUT2D eigenvalue weighted by Gasteiger charge is -2.22. The molecule has 0 aromatic heterocycles. The van der Waals surface area contributed by atoms with E-state index in [9.17, 15) is 13.2 Å². The van der Waals surface area contributed by atoms with E-state index >= 15 is 0 Å². The Morgan fingerprint density at radius 2 is 1.95 bits per heavy atom. The quantitative estimate of drug-likeness (QED) is 0.538. The van der Waals surface area contributed by atoms with Gasteiger partial charge in [0.2, 0.25) is 10.0 Å². The summed E-state index contributed by atoms with van der Waals surface area (Å²) in [5.74, 6) is -0.592. The molecule has 0 saturated heterocycles. The van der Waals surface area contributed by atoms with Crippen LogP contribution in [0.5, 0.6) is 0 Å². The summed E-state index contributed by atoms with van der Waals surface area (Å²) in [6, 6.07) is 3.54. The van der Waals surface area contributed by atoms with Gasteiger partial charge in [0, 0.05) is 5.69 Å². The summed E-state index contributed by atoms with van der Waals surface area (Å²) in [6.45, 7) is 3.62. The van der Waals surface area contributed by atoms with Crippen LogP contribution in [0.3, 0.4) is 0 Å². The van der Waals surface area contributed by atoms with E-state index in [4.69, 9.17) is 10.9 Å². The normalized spacial score (nSPS) is 13.1. The van der Waals surface area contributed by atoms with Gasteiger partial charge >= 0.3 is 5.97 Å². The number of sulfonamides is 1. The molecule has 0 bridgehead atoms. The van der Waals surface area contributed by atoms with E-state index in [0.717, 1.165) is 0 Å². The molecule has 8 heteroatoms. The first-order valence-electron chi connectivity index (χ1n) is 5.93. The van der Waals surface area contributed by atoms with Crippen molar-refractivity contribution in [1.29, 1.82) is 0 Å². The van der Waals surface area contributed by atoms with Crippen molar-refractivity contribution < 1.29 is 17.9 Å². The van der Waals surface area contributed by atoms with Gasteiger partial charge in [-0.3, -0.25) is 0 Å². The third-order valence-corrected chi connectivity index (χ3v) is 3.70. The largest absolute Gasteiger partial charge is 0.467 e. The molecule has 0 spiro atoms. The van der Waals surface area contributed by atoms with Gasteiger partial charge in [-0.05, 0) is 24.1 Å². The SMILES string of the molecule is COC(=O)C(Nc1ccc(N)cc1S(N)(=O)=O)C(C)C. The fourth-order valence-corrected chi connectivity index (χ4v) is 2.42. The van der Waals surface area contributed by atoms with Crippen molar-refractivity contribution in [1.82, 2.24) is 0 Å². The first kappa shape index (κ1) is 16.3. The number of nitrogen functional groups attached to an aromatic ring is 1. The molecule has 0 heterocycles. The van der Waals surface area contributed by atoms with Crippen LogP contribution in [0.15, 0.2) is 23.1 Å². The lowest BCUT2D eigenvalue weighted by molar-refractivity contribution is -0.142. The Morgan fingerprint density at radius 1 is 1.35 bits per heavy atom. The molecule has 1 rings (SSSR count). The maximum Gasteiger partial charge on any atom is 0.328 e. The van der Waals surface area contributed by atoms with E-state index < -0.39 is 22.0 Å². The summed E-state index contributed by atoms with van der Waals surface area (Å²) in [6.07, 6.45) is 0. The van der Waals surface area contributed by atoms with Crippen LogP contribution in [0.2, 0.25) is 0 Å². The minimum atomic E-state index is -3.95. The zero-order valence-electron chi connectivity index (χ0n) is 11.6. The second-order valence-corrected chi connectivity index (χ2v) is 6.22. The number of nitrogens with one attached hydrogen (secondary N) is 1. The van der Waals surface area contributed by atoms with Gasteiger partial charge < -0.3 is 15.8 Å². The fraction of sp³-hybridized carbons (Fsp3) is 0.417. The van der Waals surface area contributed by atoms with Crippen molar-refractivity contribution in [3.05, 3.63) is 18.2 Å². The number of nitrogens with two attached hydrogens (primary N) is 2. The Labute approximate surface area is 118 Å². The van der Waals surface area contributed by atoms with Crippen LogP contribution >= 0.6 is 0 Å². The average Bonchev–Trinajstić information content (AvgIpc) is 2.34. The minimum Gasteiger partial charge on any atom is -0.467 e. The third-order valence-electron chi connectivity index (χ3n) is 2.74. The highest BCUT2D eigenvalue weighted by atomic mass is 32.2. The van der Waals surface area contributed by atoms with Crippen LogP contribution in [0, 0.1) is 5.92 Å². The molecule has 1 aromatic rings. The molecule has 0 fully saturated rings. The monoisotopic (exact) mass is 301 g/mol. The van der Waals surface area contributed by atoms with E-state index in [2.05, 4.69) is 10.1 Å². The highest BCUT2D eigenvalue weighted by molar-refractivity contribution is 7.89. The summed E-state index contributed by atoms with van der Waals surface area (Å²) in [7, 11) is -2.69. The molecular formula is C12H19N3O4S. The number of rotatable bonds is 5. The van der Waals surface area contributed by atoms with Crippen LogP contribution in [-0.2, 0) is 19.6 Å². The number of hydrogen-bond acceptors (Lipinski definition) is 6. The summed E-state index contributed by atoms with van der Waals surface area (Å²) >= 11 is 0. The number of carbonyl (C=O) groups is 1. The van der Waals surface area contributed by atoms with Crippen molar-refractivity contribution in [3.63, 3.8) is 0 Å². The van der Waals surface area contributed by atoms with Crippen molar-refractivity contribution >= 4 is 27.4 Å². The highest BCUT2D eigenvalue weighted by Crippen LogP contribution is 2.25. The predicted octanol–water partition coefficient (Wildman–Crippen LogP) is 0.526. The lowest BCUT2D eigenvalue weighted by Crippen LogP contribution is -2.36. The van der Waals surface area contributed by atoms with Gasteiger partial charge in [0.1, 0.15) is 10.9 Å². The summed E-state index contributed by atoms with van der Waals surface area (Å²) < 4.78 is 27.8. The van der Waals surface area contributed by atoms with E-state index in [1.54, 1.807) is 0 Å². The van der Waals surface area contributed by atoms with Gasteiger partial charge in [0.05, 0.1) is 12.8 Å². The minimum absolute atomic E-state index is 0.103. The Morgan fingerprint density at radius 3 is 2.40 bits per heavy atom. The van der Waals surface area contributed by atoms with Crippen molar-refractivity contribution in [2.24, 2.45) is 11.1 Å². The molecule has 5 N–H and O–H groups in total.